The summed E-state index contributed by atoms with van der Waals surface area (Å²) in [7, 11) is 0. The number of anilines is 1. The van der Waals surface area contributed by atoms with E-state index in [1.165, 1.54) is 13.1 Å². The average molecular weight is 204 g/mol. The molecule has 2 unspecified atom stereocenters. The number of aromatic nitrogens is 2. The Bertz CT molecular complexity index is 353. The molecule has 0 radical (unpaired) electrons. The van der Waals surface area contributed by atoms with Crippen LogP contribution in [0.5, 0.6) is 0 Å². The van der Waals surface area contributed by atoms with Gasteiger partial charge in [-0.3, -0.25) is 0 Å². The second-order valence-corrected chi connectivity index (χ2v) is 4.55. The van der Waals surface area contributed by atoms with Crippen LogP contribution in [0.1, 0.15) is 5.82 Å². The molecule has 2 atom stereocenters. The summed E-state index contributed by atoms with van der Waals surface area (Å²) in [6.45, 7) is 6.58. The number of nitrogens with zero attached hydrogens (tertiary/aromatic N) is 3. The zero-order valence-corrected chi connectivity index (χ0v) is 8.98. The predicted molar refractivity (Wildman–Crippen MR) is 58.8 cm³/mol. The van der Waals surface area contributed by atoms with E-state index in [0.717, 1.165) is 36.6 Å². The minimum absolute atomic E-state index is 0.820. The minimum atomic E-state index is 0.820. The number of nitrogens with one attached hydrogen (secondary N) is 1. The summed E-state index contributed by atoms with van der Waals surface area (Å²) in [5.74, 6) is 3.60. The first-order valence-corrected chi connectivity index (χ1v) is 5.58. The van der Waals surface area contributed by atoms with Crippen molar-refractivity contribution >= 4 is 5.82 Å². The summed E-state index contributed by atoms with van der Waals surface area (Å²) in [6, 6.07) is 2.02. The molecule has 80 valence electrons. The zero-order chi connectivity index (χ0) is 10.3. The maximum Gasteiger partial charge on any atom is 0.132 e. The Balaban J connectivity index is 1.79. The van der Waals surface area contributed by atoms with Crippen molar-refractivity contribution in [3.05, 3.63) is 18.1 Å². The molecule has 3 heterocycles. The van der Waals surface area contributed by atoms with Crippen LogP contribution in [-0.2, 0) is 0 Å². The van der Waals surface area contributed by atoms with E-state index in [1.807, 2.05) is 19.2 Å². The van der Waals surface area contributed by atoms with E-state index in [2.05, 4.69) is 20.2 Å². The largest absolute Gasteiger partial charge is 0.356 e. The number of rotatable bonds is 1. The molecule has 0 spiro atoms. The van der Waals surface area contributed by atoms with Crippen molar-refractivity contribution in [2.75, 3.05) is 31.1 Å². The standard InChI is InChI=1S/C11H16N4/c1-8-13-3-2-11(14-8)15-6-9-4-12-5-10(9)7-15/h2-3,9-10,12H,4-7H2,1H3. The van der Waals surface area contributed by atoms with Crippen LogP contribution in [0.4, 0.5) is 5.82 Å². The highest BCUT2D eigenvalue weighted by Crippen LogP contribution is 2.29. The van der Waals surface area contributed by atoms with Gasteiger partial charge < -0.3 is 10.2 Å². The second-order valence-electron chi connectivity index (χ2n) is 4.55. The molecule has 0 amide bonds. The van der Waals surface area contributed by atoms with Crippen LogP contribution in [0.3, 0.4) is 0 Å². The molecule has 4 nitrogen and oxygen atoms in total. The summed E-state index contributed by atoms with van der Waals surface area (Å²) >= 11 is 0. The molecule has 2 aliphatic rings. The third kappa shape index (κ3) is 1.59. The highest BCUT2D eigenvalue weighted by atomic mass is 15.2. The maximum absolute atomic E-state index is 4.48. The van der Waals surface area contributed by atoms with Crippen molar-refractivity contribution in [1.29, 1.82) is 0 Å². The zero-order valence-electron chi connectivity index (χ0n) is 8.98. The molecule has 0 saturated carbocycles. The summed E-state index contributed by atoms with van der Waals surface area (Å²) in [5, 5.41) is 3.45. The highest BCUT2D eigenvalue weighted by Gasteiger charge is 2.36. The van der Waals surface area contributed by atoms with Gasteiger partial charge >= 0.3 is 0 Å². The molecule has 2 saturated heterocycles. The van der Waals surface area contributed by atoms with Gasteiger partial charge in [0.15, 0.2) is 0 Å². The molecule has 0 bridgehead atoms. The Labute approximate surface area is 89.7 Å². The van der Waals surface area contributed by atoms with Crippen LogP contribution < -0.4 is 10.2 Å². The summed E-state index contributed by atoms with van der Waals surface area (Å²) < 4.78 is 0. The monoisotopic (exact) mass is 204 g/mol. The number of aryl methyl sites for hydroxylation is 1. The van der Waals surface area contributed by atoms with Crippen LogP contribution in [0.15, 0.2) is 12.3 Å². The lowest BCUT2D eigenvalue weighted by Crippen LogP contribution is -2.26. The molecule has 15 heavy (non-hydrogen) atoms. The second kappa shape index (κ2) is 3.45. The van der Waals surface area contributed by atoms with E-state index in [1.54, 1.807) is 0 Å². The van der Waals surface area contributed by atoms with Crippen LogP contribution >= 0.6 is 0 Å². The third-order valence-electron chi connectivity index (χ3n) is 3.47. The molecule has 1 aromatic heterocycles. The fourth-order valence-electron chi connectivity index (χ4n) is 2.66. The number of hydrogen-bond acceptors (Lipinski definition) is 4. The van der Waals surface area contributed by atoms with Gasteiger partial charge in [0.05, 0.1) is 0 Å². The summed E-state index contributed by atoms with van der Waals surface area (Å²) in [5.41, 5.74) is 0. The van der Waals surface area contributed by atoms with Gasteiger partial charge in [-0.1, -0.05) is 0 Å². The Kier molecular flexibility index (Phi) is 2.09. The van der Waals surface area contributed by atoms with E-state index >= 15 is 0 Å². The molecular formula is C11H16N4. The molecule has 0 aromatic carbocycles. The Morgan fingerprint density at radius 1 is 1.33 bits per heavy atom. The van der Waals surface area contributed by atoms with Gasteiger partial charge in [0.25, 0.3) is 0 Å². The van der Waals surface area contributed by atoms with E-state index in [-0.39, 0.29) is 0 Å². The minimum Gasteiger partial charge on any atom is -0.356 e. The Hall–Kier alpha value is -1.16. The molecule has 0 aliphatic carbocycles. The maximum atomic E-state index is 4.48. The van der Waals surface area contributed by atoms with Crippen molar-refractivity contribution in [3.8, 4) is 0 Å². The Morgan fingerprint density at radius 2 is 2.07 bits per heavy atom. The van der Waals surface area contributed by atoms with Gasteiger partial charge in [-0.2, -0.15) is 0 Å². The molecule has 2 aliphatic heterocycles. The topological polar surface area (TPSA) is 41.1 Å². The van der Waals surface area contributed by atoms with E-state index < -0.39 is 0 Å². The van der Waals surface area contributed by atoms with E-state index in [9.17, 15) is 0 Å². The van der Waals surface area contributed by atoms with Gasteiger partial charge in [-0.25, -0.2) is 9.97 Å². The Morgan fingerprint density at radius 3 is 2.73 bits per heavy atom. The first-order chi connectivity index (χ1) is 7.33. The molecule has 2 fully saturated rings. The number of fused-ring (bicyclic) bond motifs is 1. The molecule has 3 rings (SSSR count). The van der Waals surface area contributed by atoms with Crippen molar-refractivity contribution in [1.82, 2.24) is 15.3 Å². The third-order valence-corrected chi connectivity index (χ3v) is 3.47. The van der Waals surface area contributed by atoms with Gasteiger partial charge in [-0.15, -0.1) is 0 Å². The lowest BCUT2D eigenvalue weighted by atomic mass is 10.0. The molecule has 1 N–H and O–H groups in total. The van der Waals surface area contributed by atoms with Crippen LogP contribution in [0.2, 0.25) is 0 Å². The quantitative estimate of drug-likeness (QED) is 0.720. The summed E-state index contributed by atoms with van der Waals surface area (Å²) in [4.78, 5) is 11.0. The van der Waals surface area contributed by atoms with Crippen LogP contribution in [0.25, 0.3) is 0 Å². The van der Waals surface area contributed by atoms with Crippen molar-refractivity contribution in [3.63, 3.8) is 0 Å². The normalized spacial score (nSPS) is 29.5. The fourth-order valence-corrected chi connectivity index (χ4v) is 2.66. The van der Waals surface area contributed by atoms with Crippen molar-refractivity contribution in [2.45, 2.75) is 6.92 Å². The van der Waals surface area contributed by atoms with E-state index in [0.29, 0.717) is 0 Å². The lowest BCUT2D eigenvalue weighted by Gasteiger charge is -2.18. The highest BCUT2D eigenvalue weighted by molar-refractivity contribution is 5.39. The lowest BCUT2D eigenvalue weighted by molar-refractivity contribution is 0.533. The van der Waals surface area contributed by atoms with Crippen molar-refractivity contribution in [2.24, 2.45) is 11.8 Å². The smallest absolute Gasteiger partial charge is 0.132 e. The van der Waals surface area contributed by atoms with Crippen LogP contribution in [-0.4, -0.2) is 36.1 Å². The molecule has 1 aromatic rings. The average Bonchev–Trinajstić information content (AvgIpc) is 2.76. The number of hydrogen-bond donors (Lipinski definition) is 1. The SMILES string of the molecule is Cc1nccc(N2CC3CNCC3C2)n1. The van der Waals surface area contributed by atoms with E-state index in [4.69, 9.17) is 0 Å². The van der Waals surface area contributed by atoms with Gasteiger partial charge in [-0.05, 0) is 24.8 Å². The first kappa shape index (κ1) is 9.09. The van der Waals surface area contributed by atoms with Crippen molar-refractivity contribution < 1.29 is 0 Å². The summed E-state index contributed by atoms with van der Waals surface area (Å²) in [6.07, 6.45) is 1.85. The van der Waals surface area contributed by atoms with Gasteiger partial charge in [0, 0.05) is 32.4 Å². The van der Waals surface area contributed by atoms with Gasteiger partial charge in [0.1, 0.15) is 11.6 Å². The molecular weight excluding hydrogens is 188 g/mol. The first-order valence-electron chi connectivity index (χ1n) is 5.58. The fraction of sp³-hybridized carbons (Fsp3) is 0.636. The van der Waals surface area contributed by atoms with Gasteiger partial charge in [0.2, 0.25) is 0 Å². The molecule has 4 heteroatoms. The van der Waals surface area contributed by atoms with Crippen LogP contribution in [0, 0.1) is 18.8 Å². The predicted octanol–water partition coefficient (Wildman–Crippen LogP) is 0.441.